The van der Waals surface area contributed by atoms with Gasteiger partial charge in [0.1, 0.15) is 12.1 Å². The Balaban J connectivity index is 3.13. The van der Waals surface area contributed by atoms with E-state index >= 15 is 0 Å². The van der Waals surface area contributed by atoms with Crippen LogP contribution in [0.2, 0.25) is 0 Å². The molecule has 1 amide bonds. The lowest BCUT2D eigenvalue weighted by Gasteiger charge is -2.33. The Morgan fingerprint density at radius 2 is 1.29 bits per heavy atom. The third-order valence-corrected chi connectivity index (χ3v) is 11.6. The Bertz CT molecular complexity index is 1070. The van der Waals surface area contributed by atoms with Crippen LogP contribution in [0.15, 0.2) is 30.3 Å². The van der Waals surface area contributed by atoms with E-state index in [0.717, 1.165) is 0 Å². The molecule has 3 N–H and O–H groups in total. The first kappa shape index (κ1) is 37.6. The van der Waals surface area contributed by atoms with Gasteiger partial charge in [-0.2, -0.15) is 0 Å². The van der Waals surface area contributed by atoms with Crippen molar-refractivity contribution in [2.24, 2.45) is 5.73 Å². The minimum Gasteiger partial charge on any atom is -0.464 e. The van der Waals surface area contributed by atoms with E-state index in [2.05, 4.69) is 5.32 Å². The predicted octanol–water partition coefficient (Wildman–Crippen LogP) is 3.77. The Hall–Kier alpha value is -2.44. The maximum Gasteiger partial charge on any atom is 0.345 e. The molecular formula is C26H42N2O12P2. The molecule has 0 aromatic heterocycles. The minimum absolute atomic E-state index is 0.0504. The molecule has 14 nitrogen and oxygen atoms in total. The van der Waals surface area contributed by atoms with E-state index in [0.29, 0.717) is 0 Å². The van der Waals surface area contributed by atoms with Crippen LogP contribution in [0.4, 0.5) is 0 Å². The molecule has 0 spiro atoms. The molecule has 42 heavy (non-hydrogen) atoms. The fourth-order valence-electron chi connectivity index (χ4n) is 3.71. The number of hydrogen-bond acceptors (Lipinski definition) is 13. The van der Waals surface area contributed by atoms with Crippen LogP contribution in [0.25, 0.3) is 0 Å². The van der Waals surface area contributed by atoms with Gasteiger partial charge in [-0.15, -0.1) is 0 Å². The third-order valence-electron chi connectivity index (χ3n) is 5.51. The molecule has 0 heterocycles. The number of rotatable bonds is 20. The number of nitrogens with one attached hydrogen (secondary N) is 1. The zero-order valence-corrected chi connectivity index (χ0v) is 26.4. The molecule has 0 saturated heterocycles. The summed E-state index contributed by atoms with van der Waals surface area (Å²) in [6.07, 6.45) is -1.14. The fraction of sp³-hybridized carbons (Fsp3) is 0.615. The molecule has 1 aromatic rings. The van der Waals surface area contributed by atoms with Crippen LogP contribution in [0, 0.1) is 0 Å². The molecule has 238 valence electrons. The second-order valence-electron chi connectivity index (χ2n) is 8.56. The number of esters is 3. The second kappa shape index (κ2) is 19.0. The first-order valence-electron chi connectivity index (χ1n) is 13.7. The van der Waals surface area contributed by atoms with Gasteiger partial charge >= 0.3 is 33.1 Å². The average Bonchev–Trinajstić information content (AvgIpc) is 2.94. The van der Waals surface area contributed by atoms with E-state index < -0.39 is 62.9 Å². The van der Waals surface area contributed by atoms with E-state index in [1.54, 1.807) is 52.8 Å². The number of benzene rings is 1. The lowest BCUT2D eigenvalue weighted by molar-refractivity contribution is -0.147. The first-order valence-corrected chi connectivity index (χ1v) is 16.9. The molecule has 0 fully saturated rings. The molecule has 2 unspecified atom stereocenters. The fourth-order valence-corrected chi connectivity index (χ4v) is 9.11. The monoisotopic (exact) mass is 636 g/mol. The van der Waals surface area contributed by atoms with Gasteiger partial charge in [0.15, 0.2) is 5.40 Å². The van der Waals surface area contributed by atoms with Crippen molar-refractivity contribution in [2.45, 2.75) is 71.4 Å². The number of carbonyl (C=O) groups is 4. The third kappa shape index (κ3) is 11.7. The number of amides is 1. The van der Waals surface area contributed by atoms with Gasteiger partial charge in [0.05, 0.1) is 38.6 Å². The summed E-state index contributed by atoms with van der Waals surface area (Å²) >= 11 is 0. The van der Waals surface area contributed by atoms with Crippen molar-refractivity contribution in [3.05, 3.63) is 35.9 Å². The summed E-state index contributed by atoms with van der Waals surface area (Å²) in [7, 11) is -8.47. The molecule has 0 aliphatic heterocycles. The molecular weight excluding hydrogens is 594 g/mol. The standard InChI is InChI=1S/C26H42N2O12P2/c1-6-35-26(32)21(18-23(41(33,36-7-2)37-8-3)42(34,38-9-4)39-10-5)28-22(29)17-16-20(27)25(31)40-24(30)19-14-12-11-13-15-19/h11-15,20-21,23H,6-10,16-18,27H2,1-5H3,(H,28,29). The first-order chi connectivity index (χ1) is 19.9. The quantitative estimate of drug-likeness (QED) is 0.119. The zero-order valence-electron chi connectivity index (χ0n) is 24.6. The maximum atomic E-state index is 13.9. The van der Waals surface area contributed by atoms with Crippen molar-refractivity contribution in [1.29, 1.82) is 0 Å². The van der Waals surface area contributed by atoms with Crippen LogP contribution in [-0.2, 0) is 51.1 Å². The van der Waals surface area contributed by atoms with E-state index in [4.69, 9.17) is 33.3 Å². The summed E-state index contributed by atoms with van der Waals surface area (Å²) in [6.45, 7) is 7.40. The summed E-state index contributed by atoms with van der Waals surface area (Å²) in [5.41, 5.74) is 5.97. The number of nitrogens with two attached hydrogens (primary N) is 1. The number of ether oxygens (including phenoxy) is 2. The van der Waals surface area contributed by atoms with Gasteiger partial charge in [-0.25, -0.2) is 14.4 Å². The Morgan fingerprint density at radius 3 is 1.74 bits per heavy atom. The van der Waals surface area contributed by atoms with E-state index in [1.807, 2.05) is 0 Å². The van der Waals surface area contributed by atoms with E-state index in [-0.39, 0.29) is 51.4 Å². The molecule has 2 atom stereocenters. The van der Waals surface area contributed by atoms with Crippen molar-refractivity contribution < 1.29 is 55.9 Å². The van der Waals surface area contributed by atoms with Gasteiger partial charge in [-0.3, -0.25) is 13.9 Å². The summed E-state index contributed by atoms with van der Waals surface area (Å²) in [6, 6.07) is 5.00. The second-order valence-corrected chi connectivity index (χ2v) is 13.4. The molecule has 16 heteroatoms. The molecule has 0 bridgehead atoms. The Morgan fingerprint density at radius 1 is 0.786 bits per heavy atom. The average molecular weight is 637 g/mol. The molecule has 0 radical (unpaired) electrons. The predicted molar refractivity (Wildman–Crippen MR) is 153 cm³/mol. The van der Waals surface area contributed by atoms with Gasteiger partial charge in [-0.1, -0.05) is 18.2 Å². The van der Waals surface area contributed by atoms with Gasteiger partial charge in [0.2, 0.25) is 5.91 Å². The lowest BCUT2D eigenvalue weighted by Crippen LogP contribution is -2.45. The van der Waals surface area contributed by atoms with Crippen LogP contribution >= 0.6 is 15.2 Å². The van der Waals surface area contributed by atoms with Crippen LogP contribution in [-0.4, -0.2) is 74.3 Å². The van der Waals surface area contributed by atoms with Crippen LogP contribution in [0.1, 0.15) is 64.2 Å². The minimum atomic E-state index is -4.23. The van der Waals surface area contributed by atoms with Crippen LogP contribution in [0.5, 0.6) is 0 Å². The smallest absolute Gasteiger partial charge is 0.345 e. The van der Waals surface area contributed by atoms with Gasteiger partial charge in [0.25, 0.3) is 0 Å². The Kier molecular flexibility index (Phi) is 17.0. The van der Waals surface area contributed by atoms with Gasteiger partial charge in [-0.05, 0) is 53.2 Å². The van der Waals surface area contributed by atoms with Crippen LogP contribution in [0.3, 0.4) is 0 Å². The molecule has 0 saturated carbocycles. The molecule has 1 aromatic carbocycles. The van der Waals surface area contributed by atoms with Crippen molar-refractivity contribution >= 4 is 39.0 Å². The summed E-state index contributed by atoms with van der Waals surface area (Å²) in [5, 5.41) is 0.857. The lowest BCUT2D eigenvalue weighted by atomic mass is 10.1. The van der Waals surface area contributed by atoms with Crippen molar-refractivity contribution in [3.8, 4) is 0 Å². The van der Waals surface area contributed by atoms with E-state index in [1.165, 1.54) is 12.1 Å². The van der Waals surface area contributed by atoms with Gasteiger partial charge in [0, 0.05) is 12.8 Å². The zero-order chi connectivity index (χ0) is 31.8. The summed E-state index contributed by atoms with van der Waals surface area (Å²) in [5.74, 6) is -3.58. The highest BCUT2D eigenvalue weighted by Crippen LogP contribution is 2.71. The SMILES string of the molecule is CCOC(=O)C(CC(P(=O)(OCC)OCC)P(=O)(OCC)OCC)NC(=O)CCC(N)C(=O)OC(=O)c1ccccc1. The largest absolute Gasteiger partial charge is 0.464 e. The highest BCUT2D eigenvalue weighted by Gasteiger charge is 2.52. The number of hydrogen-bond donors (Lipinski definition) is 2. The highest BCUT2D eigenvalue weighted by atomic mass is 31.2. The van der Waals surface area contributed by atoms with Gasteiger partial charge < -0.3 is 38.6 Å². The Labute approximate surface area is 246 Å². The van der Waals surface area contributed by atoms with Crippen LogP contribution < -0.4 is 11.1 Å². The molecule has 1 rings (SSSR count). The number of carbonyl (C=O) groups excluding carboxylic acids is 4. The van der Waals surface area contributed by atoms with Crippen molar-refractivity contribution in [1.82, 2.24) is 5.32 Å². The summed E-state index contributed by atoms with van der Waals surface area (Å²) < 4.78 is 59.3. The van der Waals surface area contributed by atoms with Crippen molar-refractivity contribution in [2.75, 3.05) is 33.0 Å². The van der Waals surface area contributed by atoms with E-state index in [9.17, 15) is 28.3 Å². The molecule has 0 aliphatic rings. The topological polar surface area (TPSA) is 196 Å². The highest BCUT2D eigenvalue weighted by molar-refractivity contribution is 7.72. The summed E-state index contributed by atoms with van der Waals surface area (Å²) in [4.78, 5) is 50.1. The van der Waals surface area contributed by atoms with Crippen molar-refractivity contribution in [3.63, 3.8) is 0 Å². The molecule has 0 aliphatic carbocycles. The maximum absolute atomic E-state index is 13.9. The normalized spacial score (nSPS) is 13.3.